The predicted octanol–water partition coefficient (Wildman–Crippen LogP) is 4.64. The van der Waals surface area contributed by atoms with Crippen molar-refractivity contribution in [2.75, 3.05) is 11.5 Å². The van der Waals surface area contributed by atoms with Gasteiger partial charge < -0.3 is 10.2 Å². The quantitative estimate of drug-likeness (QED) is 0.206. The van der Waals surface area contributed by atoms with Crippen molar-refractivity contribution in [2.24, 2.45) is 0 Å². The fourth-order valence-corrected chi connectivity index (χ4v) is 12.0. The third-order valence-electron chi connectivity index (χ3n) is 7.93. The van der Waals surface area contributed by atoms with Crippen molar-refractivity contribution in [2.45, 2.75) is 35.0 Å². The standard InChI is InChI=1S/C32H28Cl2N2O10S3/c33-25-13-11-23(31(37)38)15-29(25)48(43,44)35(17-21-7-3-1-4-8-21)27-19-47(41,42)20-28(27)36(18-22-9-5-2-6-10-22)49(45,46)30-16-24(32(39)40)12-14-26(30)34/h1-16,27-28H,17-20H2,(H,37,38)(H,39,40)/t27-,28-/m0/s1. The number of benzene rings is 4. The molecular formula is C32H28Cl2N2O10S3. The number of hydrogen-bond acceptors (Lipinski definition) is 8. The summed E-state index contributed by atoms with van der Waals surface area (Å²) < 4.78 is 86.8. The van der Waals surface area contributed by atoms with Gasteiger partial charge in [-0.25, -0.2) is 34.8 Å². The van der Waals surface area contributed by atoms with Gasteiger partial charge in [-0.3, -0.25) is 0 Å². The molecule has 2 atom stereocenters. The molecule has 1 aliphatic heterocycles. The Hall–Kier alpha value is -3.83. The van der Waals surface area contributed by atoms with Gasteiger partial charge in [0.25, 0.3) is 0 Å². The fraction of sp³-hybridized carbons (Fsp3) is 0.188. The van der Waals surface area contributed by atoms with Crippen molar-refractivity contribution in [1.82, 2.24) is 8.61 Å². The molecule has 258 valence electrons. The van der Waals surface area contributed by atoms with Gasteiger partial charge >= 0.3 is 11.9 Å². The number of rotatable bonds is 12. The number of hydrogen-bond donors (Lipinski definition) is 2. The van der Waals surface area contributed by atoms with E-state index in [1.165, 1.54) is 0 Å². The highest BCUT2D eigenvalue weighted by atomic mass is 35.5. The average molecular weight is 768 g/mol. The zero-order valence-electron chi connectivity index (χ0n) is 25.3. The van der Waals surface area contributed by atoms with E-state index in [1.807, 2.05) is 0 Å². The maximum atomic E-state index is 14.5. The lowest BCUT2D eigenvalue weighted by Gasteiger charge is -2.37. The van der Waals surface area contributed by atoms with Gasteiger partial charge in [0, 0.05) is 13.1 Å². The molecule has 0 spiro atoms. The van der Waals surface area contributed by atoms with Crippen LogP contribution in [0.3, 0.4) is 0 Å². The third-order valence-corrected chi connectivity index (χ3v) is 14.3. The molecule has 4 aromatic carbocycles. The highest BCUT2D eigenvalue weighted by Gasteiger charge is 2.51. The molecule has 0 saturated carbocycles. The Labute approximate surface area is 293 Å². The number of carboxylic acids is 2. The van der Waals surface area contributed by atoms with Crippen LogP contribution in [0.2, 0.25) is 10.0 Å². The first-order chi connectivity index (χ1) is 23.0. The van der Waals surface area contributed by atoms with Crippen LogP contribution < -0.4 is 0 Å². The van der Waals surface area contributed by atoms with Crippen molar-refractivity contribution in [3.63, 3.8) is 0 Å². The van der Waals surface area contributed by atoms with E-state index in [1.54, 1.807) is 60.7 Å². The van der Waals surface area contributed by atoms with Crippen LogP contribution in [0.1, 0.15) is 31.8 Å². The molecule has 0 aliphatic carbocycles. The summed E-state index contributed by atoms with van der Waals surface area (Å²) >= 11 is 12.7. The molecule has 5 rings (SSSR count). The first-order valence-electron chi connectivity index (χ1n) is 14.4. The molecule has 0 aromatic heterocycles. The van der Waals surface area contributed by atoms with Crippen molar-refractivity contribution < 1.29 is 45.1 Å². The van der Waals surface area contributed by atoms with Gasteiger partial charge in [-0.2, -0.15) is 8.61 Å². The van der Waals surface area contributed by atoms with Crippen LogP contribution in [0.4, 0.5) is 0 Å². The summed E-state index contributed by atoms with van der Waals surface area (Å²) in [6, 6.07) is 19.2. The molecular weight excluding hydrogens is 739 g/mol. The monoisotopic (exact) mass is 766 g/mol. The second-order valence-electron chi connectivity index (χ2n) is 11.2. The average Bonchev–Trinajstić information content (AvgIpc) is 3.37. The number of carbonyl (C=O) groups is 2. The molecule has 1 aliphatic rings. The van der Waals surface area contributed by atoms with Gasteiger partial charge in [-0.05, 0) is 47.5 Å². The van der Waals surface area contributed by atoms with Crippen LogP contribution in [-0.2, 0) is 43.0 Å². The van der Waals surface area contributed by atoms with Gasteiger partial charge in [0.15, 0.2) is 9.84 Å². The van der Waals surface area contributed by atoms with Gasteiger partial charge in [-0.15, -0.1) is 0 Å². The normalized spacial score (nSPS) is 17.7. The van der Waals surface area contributed by atoms with E-state index in [4.69, 9.17) is 23.2 Å². The minimum atomic E-state index is -4.85. The molecule has 2 N–H and O–H groups in total. The Kier molecular flexibility index (Phi) is 10.6. The lowest BCUT2D eigenvalue weighted by atomic mass is 10.1. The van der Waals surface area contributed by atoms with Crippen LogP contribution in [0.15, 0.2) is 107 Å². The lowest BCUT2D eigenvalue weighted by molar-refractivity contribution is 0.0685. The Balaban J connectivity index is 1.74. The maximum absolute atomic E-state index is 14.5. The molecule has 0 radical (unpaired) electrons. The van der Waals surface area contributed by atoms with Crippen molar-refractivity contribution in [3.8, 4) is 0 Å². The number of carboxylic acid groups (broad SMARTS) is 2. The third kappa shape index (κ3) is 7.83. The number of sulfonamides is 2. The van der Waals surface area contributed by atoms with Crippen LogP contribution in [0.25, 0.3) is 0 Å². The largest absolute Gasteiger partial charge is 0.478 e. The maximum Gasteiger partial charge on any atom is 0.335 e. The highest BCUT2D eigenvalue weighted by Crippen LogP contribution is 2.37. The topological polar surface area (TPSA) is 183 Å². The highest BCUT2D eigenvalue weighted by molar-refractivity contribution is 7.92. The zero-order valence-corrected chi connectivity index (χ0v) is 29.2. The van der Waals surface area contributed by atoms with Crippen molar-refractivity contribution in [3.05, 3.63) is 129 Å². The summed E-state index contributed by atoms with van der Waals surface area (Å²) in [5.74, 6) is -4.48. The Morgan fingerprint density at radius 1 is 0.633 bits per heavy atom. The smallest absolute Gasteiger partial charge is 0.335 e. The Morgan fingerprint density at radius 2 is 0.980 bits per heavy atom. The minimum absolute atomic E-state index is 0.341. The molecule has 1 heterocycles. The van der Waals surface area contributed by atoms with Crippen molar-refractivity contribution >= 4 is 65.0 Å². The van der Waals surface area contributed by atoms with E-state index in [9.17, 15) is 45.1 Å². The lowest BCUT2D eigenvalue weighted by Crippen LogP contribution is -2.54. The van der Waals surface area contributed by atoms with E-state index in [2.05, 4.69) is 0 Å². The number of nitrogens with zero attached hydrogens (tertiary/aromatic N) is 2. The Morgan fingerprint density at radius 3 is 1.31 bits per heavy atom. The molecule has 0 amide bonds. The number of halogens is 2. The SMILES string of the molecule is O=C(O)c1ccc(Cl)c(S(=O)(=O)N(Cc2ccccc2)[C@H]2CS(=O)(=O)C[C@@H]2N(Cc2ccccc2)S(=O)(=O)c2cc(C(=O)O)ccc2Cl)c1. The Bertz CT molecular complexity index is 2080. The summed E-state index contributed by atoms with van der Waals surface area (Å²) in [5.41, 5.74) is 0.0162. The molecule has 0 bridgehead atoms. The molecule has 12 nitrogen and oxygen atoms in total. The van der Waals surface area contributed by atoms with E-state index in [-0.39, 0.29) is 10.0 Å². The van der Waals surface area contributed by atoms with Gasteiger partial charge in [-0.1, -0.05) is 83.9 Å². The van der Waals surface area contributed by atoms with E-state index in [0.717, 1.165) is 45.0 Å². The first kappa shape index (κ1) is 36.5. The van der Waals surface area contributed by atoms with Crippen LogP contribution in [0.5, 0.6) is 0 Å². The molecule has 0 unspecified atom stereocenters. The second-order valence-corrected chi connectivity index (χ2v) is 17.9. The number of sulfone groups is 1. The summed E-state index contributed by atoms with van der Waals surface area (Å²) in [5, 5.41) is 18.5. The predicted molar refractivity (Wildman–Crippen MR) is 181 cm³/mol. The summed E-state index contributed by atoms with van der Waals surface area (Å²) in [6.07, 6.45) is 0. The van der Waals surface area contributed by atoms with Crippen LogP contribution >= 0.6 is 23.2 Å². The zero-order chi connectivity index (χ0) is 35.7. The van der Waals surface area contributed by atoms with Gasteiger partial charge in [0.05, 0.1) is 44.8 Å². The first-order valence-corrected chi connectivity index (χ1v) is 19.8. The fourth-order valence-electron chi connectivity index (χ4n) is 5.57. The molecule has 4 aromatic rings. The second kappa shape index (κ2) is 14.2. The molecule has 17 heteroatoms. The molecule has 49 heavy (non-hydrogen) atoms. The van der Waals surface area contributed by atoms with Crippen LogP contribution in [-0.4, -0.2) is 79.6 Å². The summed E-state index contributed by atoms with van der Waals surface area (Å²) in [7, 11) is -13.8. The van der Waals surface area contributed by atoms with Crippen molar-refractivity contribution in [1.29, 1.82) is 0 Å². The summed E-state index contributed by atoms with van der Waals surface area (Å²) in [4.78, 5) is 22.3. The van der Waals surface area contributed by atoms with E-state index < -0.39 is 99.4 Å². The molecule has 1 saturated heterocycles. The van der Waals surface area contributed by atoms with Crippen LogP contribution in [0, 0.1) is 0 Å². The summed E-state index contributed by atoms with van der Waals surface area (Å²) in [6.45, 7) is -0.885. The van der Waals surface area contributed by atoms with E-state index >= 15 is 0 Å². The molecule has 1 fully saturated rings. The van der Waals surface area contributed by atoms with E-state index in [0.29, 0.717) is 11.1 Å². The minimum Gasteiger partial charge on any atom is -0.478 e. The number of aromatic carboxylic acids is 2. The van der Waals surface area contributed by atoms with Gasteiger partial charge in [0.1, 0.15) is 9.79 Å². The van der Waals surface area contributed by atoms with Gasteiger partial charge in [0.2, 0.25) is 20.0 Å².